The number of hydrogen-bond acceptors (Lipinski definition) is 4. The molecule has 1 aromatic carbocycles. The van der Waals surface area contributed by atoms with Gasteiger partial charge in [-0.1, -0.05) is 12.1 Å². The van der Waals surface area contributed by atoms with E-state index in [1.54, 1.807) is 25.1 Å². The quantitative estimate of drug-likeness (QED) is 0.784. The van der Waals surface area contributed by atoms with Gasteiger partial charge in [-0.2, -0.15) is 5.26 Å². The highest BCUT2D eigenvalue weighted by molar-refractivity contribution is 5.71. The van der Waals surface area contributed by atoms with Crippen LogP contribution in [0, 0.1) is 17.1 Å². The Morgan fingerprint density at radius 3 is 3.00 bits per heavy atom. The molecule has 0 aliphatic heterocycles. The van der Waals surface area contributed by atoms with Gasteiger partial charge in [0.1, 0.15) is 11.9 Å². The van der Waals surface area contributed by atoms with Crippen molar-refractivity contribution in [3.05, 3.63) is 35.1 Å². The second-order valence-electron chi connectivity index (χ2n) is 3.30. The van der Waals surface area contributed by atoms with Crippen LogP contribution in [0.25, 0.3) is 0 Å². The molecule has 0 unspecified atom stereocenters. The Balaban J connectivity index is 2.53. The van der Waals surface area contributed by atoms with Gasteiger partial charge in [-0.05, 0) is 13.0 Å². The van der Waals surface area contributed by atoms with Gasteiger partial charge in [-0.25, -0.2) is 4.39 Å². The van der Waals surface area contributed by atoms with Gasteiger partial charge in [-0.3, -0.25) is 4.79 Å². The lowest BCUT2D eigenvalue weighted by Crippen LogP contribution is -2.24. The largest absolute Gasteiger partial charge is 0.465 e. The van der Waals surface area contributed by atoms with E-state index in [-0.39, 0.29) is 24.6 Å². The zero-order valence-electron chi connectivity index (χ0n) is 9.50. The molecule has 1 aromatic rings. The third-order valence-corrected chi connectivity index (χ3v) is 2.09. The molecule has 0 saturated carbocycles. The molecule has 0 bridgehead atoms. The number of nitrogens with zero attached hydrogens (tertiary/aromatic N) is 1. The number of esters is 1. The van der Waals surface area contributed by atoms with Crippen LogP contribution in [0.2, 0.25) is 0 Å². The van der Waals surface area contributed by atoms with E-state index in [2.05, 4.69) is 5.32 Å². The summed E-state index contributed by atoms with van der Waals surface area (Å²) in [6, 6.07) is 6.33. The van der Waals surface area contributed by atoms with Crippen molar-refractivity contribution in [2.45, 2.75) is 13.5 Å². The standard InChI is InChI=1S/C12H13FN2O2/c1-2-17-11(16)8-15-7-10-5-3-4-9(6-14)12(10)13/h3-5,15H,2,7-8H2,1H3. The minimum atomic E-state index is -0.550. The summed E-state index contributed by atoms with van der Waals surface area (Å²) in [5, 5.41) is 11.4. The molecule has 0 fully saturated rings. The molecule has 0 aromatic heterocycles. The normalized spacial score (nSPS) is 9.71. The summed E-state index contributed by atoms with van der Waals surface area (Å²) >= 11 is 0. The number of nitrogens with one attached hydrogen (secondary N) is 1. The van der Waals surface area contributed by atoms with Crippen molar-refractivity contribution in [1.82, 2.24) is 5.32 Å². The van der Waals surface area contributed by atoms with Gasteiger partial charge in [0.15, 0.2) is 0 Å². The summed E-state index contributed by atoms with van der Waals surface area (Å²) in [5.41, 5.74) is 0.355. The molecule has 90 valence electrons. The number of nitriles is 1. The molecule has 0 aliphatic rings. The Morgan fingerprint density at radius 2 is 2.35 bits per heavy atom. The Morgan fingerprint density at radius 1 is 1.59 bits per heavy atom. The number of halogens is 1. The summed E-state index contributed by atoms with van der Waals surface area (Å²) in [7, 11) is 0. The molecule has 4 nitrogen and oxygen atoms in total. The highest BCUT2D eigenvalue weighted by Crippen LogP contribution is 2.11. The molecule has 0 spiro atoms. The average Bonchev–Trinajstić information content (AvgIpc) is 2.32. The molecule has 0 amide bonds. The second kappa shape index (κ2) is 6.61. The lowest BCUT2D eigenvalue weighted by Gasteiger charge is -2.06. The molecule has 0 atom stereocenters. The van der Waals surface area contributed by atoms with Gasteiger partial charge in [0, 0.05) is 12.1 Å². The first kappa shape index (κ1) is 13.1. The van der Waals surface area contributed by atoms with Crippen LogP contribution in [0.5, 0.6) is 0 Å². The Bertz CT molecular complexity index is 441. The minimum Gasteiger partial charge on any atom is -0.465 e. The SMILES string of the molecule is CCOC(=O)CNCc1cccc(C#N)c1F. The van der Waals surface area contributed by atoms with E-state index in [0.717, 1.165) is 0 Å². The van der Waals surface area contributed by atoms with Crippen molar-refractivity contribution < 1.29 is 13.9 Å². The van der Waals surface area contributed by atoms with E-state index >= 15 is 0 Å². The summed E-state index contributed by atoms with van der Waals surface area (Å²) in [4.78, 5) is 11.0. The molecule has 1 N–H and O–H groups in total. The van der Waals surface area contributed by atoms with Crippen LogP contribution in [0.1, 0.15) is 18.1 Å². The highest BCUT2D eigenvalue weighted by atomic mass is 19.1. The first-order valence-electron chi connectivity index (χ1n) is 5.22. The lowest BCUT2D eigenvalue weighted by molar-refractivity contribution is -0.142. The van der Waals surface area contributed by atoms with E-state index in [1.807, 2.05) is 0 Å². The van der Waals surface area contributed by atoms with Crippen molar-refractivity contribution in [3.63, 3.8) is 0 Å². The Labute approximate surface area is 99.0 Å². The first-order chi connectivity index (χ1) is 8.19. The number of hydrogen-bond donors (Lipinski definition) is 1. The number of carbonyl (C=O) groups is 1. The van der Waals surface area contributed by atoms with Crippen molar-refractivity contribution in [2.24, 2.45) is 0 Å². The van der Waals surface area contributed by atoms with Crippen LogP contribution in [0.4, 0.5) is 4.39 Å². The van der Waals surface area contributed by atoms with Crippen molar-refractivity contribution in [2.75, 3.05) is 13.2 Å². The molecule has 17 heavy (non-hydrogen) atoms. The predicted octanol–water partition coefficient (Wildman–Crippen LogP) is 1.35. The van der Waals surface area contributed by atoms with E-state index in [1.165, 1.54) is 6.07 Å². The maximum atomic E-state index is 13.6. The van der Waals surface area contributed by atoms with Crippen molar-refractivity contribution in [1.29, 1.82) is 5.26 Å². The zero-order valence-corrected chi connectivity index (χ0v) is 9.50. The second-order valence-corrected chi connectivity index (χ2v) is 3.30. The van der Waals surface area contributed by atoms with Gasteiger partial charge < -0.3 is 10.1 Å². The van der Waals surface area contributed by atoms with E-state index in [9.17, 15) is 9.18 Å². The molecule has 5 heteroatoms. The first-order valence-corrected chi connectivity index (χ1v) is 5.22. The molecular weight excluding hydrogens is 223 g/mol. The number of rotatable bonds is 5. The molecule has 0 heterocycles. The maximum Gasteiger partial charge on any atom is 0.319 e. The highest BCUT2D eigenvalue weighted by Gasteiger charge is 2.07. The third kappa shape index (κ3) is 3.85. The predicted molar refractivity (Wildman–Crippen MR) is 59.5 cm³/mol. The zero-order chi connectivity index (χ0) is 12.7. The summed E-state index contributed by atoms with van der Waals surface area (Å²) in [6.07, 6.45) is 0. The summed E-state index contributed by atoms with van der Waals surface area (Å²) in [5.74, 6) is -0.935. The maximum absolute atomic E-state index is 13.6. The minimum absolute atomic E-state index is 0.000403. The summed E-state index contributed by atoms with van der Waals surface area (Å²) < 4.78 is 18.3. The third-order valence-electron chi connectivity index (χ3n) is 2.09. The fourth-order valence-corrected chi connectivity index (χ4v) is 1.31. The van der Waals surface area contributed by atoms with Crippen LogP contribution >= 0.6 is 0 Å². The smallest absolute Gasteiger partial charge is 0.319 e. The molecular formula is C12H13FN2O2. The van der Waals surface area contributed by atoms with Crippen LogP contribution in [-0.2, 0) is 16.1 Å². The van der Waals surface area contributed by atoms with Gasteiger partial charge in [0.05, 0.1) is 18.7 Å². The van der Waals surface area contributed by atoms with Crippen LogP contribution < -0.4 is 5.32 Å². The van der Waals surface area contributed by atoms with Gasteiger partial charge >= 0.3 is 5.97 Å². The molecule has 0 aliphatic carbocycles. The number of carbonyl (C=O) groups excluding carboxylic acids is 1. The topological polar surface area (TPSA) is 62.1 Å². The van der Waals surface area contributed by atoms with Gasteiger partial charge in [-0.15, -0.1) is 0 Å². The van der Waals surface area contributed by atoms with Crippen molar-refractivity contribution in [3.8, 4) is 6.07 Å². The van der Waals surface area contributed by atoms with E-state index in [0.29, 0.717) is 12.2 Å². The molecule has 0 saturated heterocycles. The fourth-order valence-electron chi connectivity index (χ4n) is 1.31. The van der Waals surface area contributed by atoms with Gasteiger partial charge in [0.25, 0.3) is 0 Å². The van der Waals surface area contributed by atoms with Crippen molar-refractivity contribution >= 4 is 5.97 Å². The Kier molecular flexibility index (Phi) is 5.11. The van der Waals surface area contributed by atoms with Crippen LogP contribution in [0.15, 0.2) is 18.2 Å². The molecule has 0 radical (unpaired) electrons. The summed E-state index contributed by atoms with van der Waals surface area (Å²) in [6.45, 7) is 2.23. The fraction of sp³-hybridized carbons (Fsp3) is 0.333. The van der Waals surface area contributed by atoms with E-state index in [4.69, 9.17) is 10.00 Å². The number of benzene rings is 1. The van der Waals surface area contributed by atoms with Crippen LogP contribution in [-0.4, -0.2) is 19.1 Å². The molecule has 1 rings (SSSR count). The van der Waals surface area contributed by atoms with Gasteiger partial charge in [0.2, 0.25) is 0 Å². The number of ether oxygens (including phenoxy) is 1. The van der Waals surface area contributed by atoms with Crippen LogP contribution in [0.3, 0.4) is 0 Å². The monoisotopic (exact) mass is 236 g/mol. The lowest BCUT2D eigenvalue weighted by atomic mass is 10.1. The van der Waals surface area contributed by atoms with E-state index < -0.39 is 5.82 Å². The Hall–Kier alpha value is -1.93. The average molecular weight is 236 g/mol.